The summed E-state index contributed by atoms with van der Waals surface area (Å²) in [5.74, 6) is 0.294. The van der Waals surface area contributed by atoms with E-state index in [1.165, 1.54) is 22.6 Å². The SMILES string of the molecule is Cc1ccc(CN2CCC(NC3CC3)C2=O)s1. The minimum Gasteiger partial charge on any atom is -0.336 e. The number of amides is 1. The molecule has 0 radical (unpaired) electrons. The Kier molecular flexibility index (Phi) is 2.92. The molecule has 1 saturated carbocycles. The number of aryl methyl sites for hydroxylation is 1. The molecule has 3 rings (SSSR count). The Morgan fingerprint density at radius 3 is 2.88 bits per heavy atom. The molecule has 2 heterocycles. The lowest BCUT2D eigenvalue weighted by Crippen LogP contribution is -2.39. The maximum atomic E-state index is 12.1. The zero-order valence-corrected chi connectivity index (χ0v) is 10.9. The summed E-state index contributed by atoms with van der Waals surface area (Å²) < 4.78 is 0. The molecule has 2 aliphatic rings. The summed E-state index contributed by atoms with van der Waals surface area (Å²) in [4.78, 5) is 16.8. The molecule has 0 aromatic carbocycles. The predicted octanol–water partition coefficient (Wildman–Crippen LogP) is 1.91. The average Bonchev–Trinajstić information content (AvgIpc) is 2.94. The van der Waals surface area contributed by atoms with Crippen molar-refractivity contribution in [2.45, 2.75) is 44.8 Å². The molecule has 1 saturated heterocycles. The van der Waals surface area contributed by atoms with E-state index in [1.807, 2.05) is 4.90 Å². The summed E-state index contributed by atoms with van der Waals surface area (Å²) in [5, 5.41) is 3.44. The Bertz CT molecular complexity index is 425. The lowest BCUT2D eigenvalue weighted by molar-refractivity contribution is -0.129. The van der Waals surface area contributed by atoms with E-state index in [-0.39, 0.29) is 6.04 Å². The van der Waals surface area contributed by atoms with Crippen LogP contribution in [-0.2, 0) is 11.3 Å². The van der Waals surface area contributed by atoms with Crippen LogP contribution in [0.4, 0.5) is 0 Å². The van der Waals surface area contributed by atoms with Crippen LogP contribution in [0.5, 0.6) is 0 Å². The van der Waals surface area contributed by atoms with Crippen molar-refractivity contribution in [3.05, 3.63) is 21.9 Å². The summed E-state index contributed by atoms with van der Waals surface area (Å²) in [6.07, 6.45) is 3.46. The number of rotatable bonds is 4. The maximum Gasteiger partial charge on any atom is 0.240 e. The van der Waals surface area contributed by atoms with Gasteiger partial charge in [-0.2, -0.15) is 0 Å². The van der Waals surface area contributed by atoms with Crippen LogP contribution in [0.15, 0.2) is 12.1 Å². The molecule has 1 amide bonds. The normalized spacial score (nSPS) is 24.6. The van der Waals surface area contributed by atoms with E-state index in [0.717, 1.165) is 19.5 Å². The zero-order valence-electron chi connectivity index (χ0n) is 10.1. The molecule has 1 unspecified atom stereocenters. The highest BCUT2D eigenvalue weighted by atomic mass is 32.1. The van der Waals surface area contributed by atoms with Gasteiger partial charge in [-0.25, -0.2) is 0 Å². The molecule has 1 aromatic rings. The molecular weight excluding hydrogens is 232 g/mol. The largest absolute Gasteiger partial charge is 0.336 e. The van der Waals surface area contributed by atoms with Crippen molar-refractivity contribution in [3.63, 3.8) is 0 Å². The molecule has 0 spiro atoms. The Morgan fingerprint density at radius 1 is 1.41 bits per heavy atom. The number of carbonyl (C=O) groups excluding carboxylic acids is 1. The first-order chi connectivity index (χ1) is 8.22. The van der Waals surface area contributed by atoms with Crippen molar-refractivity contribution in [2.24, 2.45) is 0 Å². The highest BCUT2D eigenvalue weighted by Crippen LogP contribution is 2.24. The topological polar surface area (TPSA) is 32.3 Å². The molecule has 1 atom stereocenters. The Hall–Kier alpha value is -0.870. The van der Waals surface area contributed by atoms with E-state index >= 15 is 0 Å². The number of hydrogen-bond acceptors (Lipinski definition) is 3. The van der Waals surface area contributed by atoms with Gasteiger partial charge in [-0.1, -0.05) is 0 Å². The summed E-state index contributed by atoms with van der Waals surface area (Å²) in [6, 6.07) is 4.96. The van der Waals surface area contributed by atoms with Gasteiger partial charge in [-0.3, -0.25) is 4.79 Å². The summed E-state index contributed by atoms with van der Waals surface area (Å²) in [6.45, 7) is 3.80. The average molecular weight is 250 g/mol. The summed E-state index contributed by atoms with van der Waals surface area (Å²) in [7, 11) is 0. The van der Waals surface area contributed by atoms with Crippen molar-refractivity contribution < 1.29 is 4.79 Å². The van der Waals surface area contributed by atoms with Crippen LogP contribution < -0.4 is 5.32 Å². The van der Waals surface area contributed by atoms with Gasteiger partial charge in [0.25, 0.3) is 0 Å². The van der Waals surface area contributed by atoms with Crippen LogP contribution in [0.1, 0.15) is 29.0 Å². The first kappa shape index (κ1) is 11.2. The van der Waals surface area contributed by atoms with Crippen LogP contribution in [-0.4, -0.2) is 29.4 Å². The number of thiophene rings is 1. The molecule has 0 bridgehead atoms. The monoisotopic (exact) mass is 250 g/mol. The zero-order chi connectivity index (χ0) is 11.8. The molecule has 2 fully saturated rings. The lowest BCUT2D eigenvalue weighted by Gasteiger charge is -2.16. The van der Waals surface area contributed by atoms with E-state index in [0.29, 0.717) is 11.9 Å². The quantitative estimate of drug-likeness (QED) is 0.885. The van der Waals surface area contributed by atoms with Gasteiger partial charge in [0.2, 0.25) is 5.91 Å². The number of hydrogen-bond donors (Lipinski definition) is 1. The van der Waals surface area contributed by atoms with Gasteiger partial charge in [0.05, 0.1) is 12.6 Å². The minimum atomic E-state index is 0.0866. The molecule has 1 aliphatic carbocycles. The highest BCUT2D eigenvalue weighted by Gasteiger charge is 2.35. The summed E-state index contributed by atoms with van der Waals surface area (Å²) >= 11 is 1.79. The van der Waals surface area contributed by atoms with Crippen LogP contribution in [0.2, 0.25) is 0 Å². The minimum absolute atomic E-state index is 0.0866. The van der Waals surface area contributed by atoms with E-state index in [1.54, 1.807) is 11.3 Å². The fraction of sp³-hybridized carbons (Fsp3) is 0.615. The van der Waals surface area contributed by atoms with Gasteiger partial charge in [0.1, 0.15) is 0 Å². The number of likely N-dealkylation sites (tertiary alicyclic amines) is 1. The molecule has 3 nitrogen and oxygen atoms in total. The Balaban J connectivity index is 1.59. The van der Waals surface area contributed by atoms with Gasteiger partial charge in [-0.15, -0.1) is 11.3 Å². The molecular formula is C13H18N2OS. The van der Waals surface area contributed by atoms with Crippen LogP contribution in [0.25, 0.3) is 0 Å². The van der Waals surface area contributed by atoms with Crippen LogP contribution in [0, 0.1) is 6.92 Å². The number of nitrogens with one attached hydrogen (secondary N) is 1. The fourth-order valence-corrected chi connectivity index (χ4v) is 3.25. The van der Waals surface area contributed by atoms with Gasteiger partial charge in [0.15, 0.2) is 0 Å². The Morgan fingerprint density at radius 2 is 2.24 bits per heavy atom. The first-order valence-corrected chi connectivity index (χ1v) is 7.14. The third kappa shape index (κ3) is 2.53. The molecule has 1 N–H and O–H groups in total. The highest BCUT2D eigenvalue weighted by molar-refractivity contribution is 7.11. The number of nitrogens with zero attached hydrogens (tertiary/aromatic N) is 1. The third-order valence-electron chi connectivity index (χ3n) is 3.45. The maximum absolute atomic E-state index is 12.1. The summed E-state index contributed by atoms with van der Waals surface area (Å²) in [5.41, 5.74) is 0. The van der Waals surface area contributed by atoms with Crippen LogP contribution >= 0.6 is 11.3 Å². The van der Waals surface area contributed by atoms with Gasteiger partial charge < -0.3 is 10.2 Å². The number of carbonyl (C=O) groups is 1. The second-order valence-electron chi connectivity index (χ2n) is 5.05. The molecule has 4 heteroatoms. The third-order valence-corrected chi connectivity index (χ3v) is 4.44. The fourth-order valence-electron chi connectivity index (χ4n) is 2.34. The van der Waals surface area contributed by atoms with Crippen molar-refractivity contribution in [1.29, 1.82) is 0 Å². The van der Waals surface area contributed by atoms with Crippen molar-refractivity contribution in [1.82, 2.24) is 10.2 Å². The van der Waals surface area contributed by atoms with E-state index in [2.05, 4.69) is 24.4 Å². The van der Waals surface area contributed by atoms with Gasteiger partial charge in [-0.05, 0) is 38.3 Å². The van der Waals surface area contributed by atoms with E-state index in [9.17, 15) is 4.79 Å². The molecule has 17 heavy (non-hydrogen) atoms. The second-order valence-corrected chi connectivity index (χ2v) is 6.43. The predicted molar refractivity (Wildman–Crippen MR) is 69.0 cm³/mol. The smallest absolute Gasteiger partial charge is 0.240 e. The van der Waals surface area contributed by atoms with Crippen molar-refractivity contribution in [2.75, 3.05) is 6.54 Å². The van der Waals surface area contributed by atoms with E-state index < -0.39 is 0 Å². The standard InChI is InChI=1S/C13H18N2OS/c1-9-2-5-11(17-9)8-15-7-6-12(13(15)16)14-10-3-4-10/h2,5,10,12,14H,3-4,6-8H2,1H3. The lowest BCUT2D eigenvalue weighted by atomic mass is 10.2. The second kappa shape index (κ2) is 4.42. The first-order valence-electron chi connectivity index (χ1n) is 6.32. The van der Waals surface area contributed by atoms with Crippen LogP contribution in [0.3, 0.4) is 0 Å². The van der Waals surface area contributed by atoms with Crippen molar-refractivity contribution >= 4 is 17.2 Å². The van der Waals surface area contributed by atoms with Gasteiger partial charge >= 0.3 is 0 Å². The molecule has 1 aromatic heterocycles. The molecule has 1 aliphatic heterocycles. The Labute approximate surface area is 106 Å². The van der Waals surface area contributed by atoms with Gasteiger partial charge in [0, 0.05) is 22.3 Å². The van der Waals surface area contributed by atoms with Crippen molar-refractivity contribution in [3.8, 4) is 0 Å². The molecule has 92 valence electrons. The van der Waals surface area contributed by atoms with E-state index in [4.69, 9.17) is 0 Å².